The minimum absolute atomic E-state index is 0.295. The summed E-state index contributed by atoms with van der Waals surface area (Å²) in [5, 5.41) is 2.81. The van der Waals surface area contributed by atoms with Crippen molar-refractivity contribution in [1.82, 2.24) is 5.32 Å². The van der Waals surface area contributed by atoms with E-state index in [2.05, 4.69) is 23.9 Å². The first-order chi connectivity index (χ1) is 9.00. The minimum atomic E-state index is -3.30. The molecule has 106 valence electrons. The van der Waals surface area contributed by atoms with Crippen molar-refractivity contribution in [3.8, 4) is 0 Å². The molecule has 5 heteroatoms. The van der Waals surface area contributed by atoms with E-state index in [0.29, 0.717) is 18.2 Å². The number of hydrogen-bond donors (Lipinski definition) is 2. The lowest BCUT2D eigenvalue weighted by molar-refractivity contribution is 0.499. The van der Waals surface area contributed by atoms with Gasteiger partial charge >= 0.3 is 0 Å². The van der Waals surface area contributed by atoms with Crippen LogP contribution in [0.25, 0.3) is 0 Å². The number of nitrogens with one attached hydrogen (secondary N) is 2. The van der Waals surface area contributed by atoms with E-state index in [1.807, 2.05) is 24.3 Å². The highest BCUT2D eigenvalue weighted by atomic mass is 32.2. The lowest BCUT2D eigenvalue weighted by Gasteiger charge is -2.24. The van der Waals surface area contributed by atoms with Gasteiger partial charge in [-0.3, -0.25) is 4.72 Å². The molecule has 4 nitrogen and oxygen atoms in total. The summed E-state index contributed by atoms with van der Waals surface area (Å²) in [6, 6.07) is 7.61. The molecule has 2 N–H and O–H groups in total. The zero-order valence-electron chi connectivity index (χ0n) is 11.5. The summed E-state index contributed by atoms with van der Waals surface area (Å²) in [5.74, 6) is 0.295. The van der Waals surface area contributed by atoms with Crippen LogP contribution in [0.2, 0.25) is 0 Å². The van der Waals surface area contributed by atoms with E-state index < -0.39 is 10.0 Å². The van der Waals surface area contributed by atoms with Gasteiger partial charge in [-0.05, 0) is 36.9 Å². The van der Waals surface area contributed by atoms with Crippen LogP contribution < -0.4 is 10.0 Å². The van der Waals surface area contributed by atoms with E-state index in [1.165, 1.54) is 0 Å². The molecular weight excluding hydrogens is 260 g/mol. The Morgan fingerprint density at radius 3 is 2.68 bits per heavy atom. The van der Waals surface area contributed by atoms with Gasteiger partial charge in [-0.1, -0.05) is 32.0 Å². The highest BCUT2D eigenvalue weighted by molar-refractivity contribution is 7.93. The summed E-state index contributed by atoms with van der Waals surface area (Å²) in [7, 11) is -3.30. The summed E-state index contributed by atoms with van der Waals surface area (Å²) in [6.45, 7) is 5.58. The SMILES string of the molecule is CC(C)c1ccccc1NS(=O)(=O)C1CCCNC1. The van der Waals surface area contributed by atoms with Gasteiger partial charge in [-0.25, -0.2) is 8.42 Å². The van der Waals surface area contributed by atoms with E-state index in [4.69, 9.17) is 0 Å². The monoisotopic (exact) mass is 282 g/mol. The van der Waals surface area contributed by atoms with Crippen LogP contribution in [0, 0.1) is 0 Å². The summed E-state index contributed by atoms with van der Waals surface area (Å²) < 4.78 is 27.5. The molecule has 0 aromatic heterocycles. The quantitative estimate of drug-likeness (QED) is 0.891. The number of hydrogen-bond acceptors (Lipinski definition) is 3. The van der Waals surface area contributed by atoms with Gasteiger partial charge in [0.2, 0.25) is 10.0 Å². The van der Waals surface area contributed by atoms with Crippen LogP contribution in [0.4, 0.5) is 5.69 Å². The standard InChI is InChI=1S/C14H22N2O2S/c1-11(2)13-7-3-4-8-14(13)16-19(17,18)12-6-5-9-15-10-12/h3-4,7-8,11-12,15-16H,5-6,9-10H2,1-2H3. The fourth-order valence-electron chi connectivity index (χ4n) is 2.41. The van der Waals surface area contributed by atoms with Crippen molar-refractivity contribution in [2.45, 2.75) is 37.9 Å². The summed E-state index contributed by atoms with van der Waals surface area (Å²) in [4.78, 5) is 0. The fraction of sp³-hybridized carbons (Fsp3) is 0.571. The molecule has 0 aliphatic carbocycles. The predicted octanol–water partition coefficient (Wildman–Crippen LogP) is 2.30. The fourth-order valence-corrected chi connectivity index (χ4v) is 3.89. The maximum atomic E-state index is 12.4. The largest absolute Gasteiger partial charge is 0.315 e. The Morgan fingerprint density at radius 1 is 1.32 bits per heavy atom. The molecule has 1 aliphatic rings. The molecule has 1 atom stereocenters. The number of piperidine rings is 1. The Kier molecular flexibility index (Phi) is 4.47. The highest BCUT2D eigenvalue weighted by Crippen LogP contribution is 2.26. The maximum absolute atomic E-state index is 12.4. The van der Waals surface area contributed by atoms with Gasteiger partial charge in [0.1, 0.15) is 0 Å². The van der Waals surface area contributed by atoms with Crippen molar-refractivity contribution in [2.75, 3.05) is 17.8 Å². The van der Waals surface area contributed by atoms with E-state index in [1.54, 1.807) is 0 Å². The second kappa shape index (κ2) is 5.92. The van der Waals surface area contributed by atoms with Crippen LogP contribution in [-0.2, 0) is 10.0 Å². The third kappa shape index (κ3) is 3.48. The average Bonchev–Trinajstić information content (AvgIpc) is 2.39. The van der Waals surface area contributed by atoms with Crippen LogP contribution in [0.5, 0.6) is 0 Å². The number of rotatable bonds is 4. The van der Waals surface area contributed by atoms with E-state index in [0.717, 1.165) is 24.9 Å². The van der Waals surface area contributed by atoms with Crippen LogP contribution in [0.1, 0.15) is 38.2 Å². The average molecular weight is 282 g/mol. The summed E-state index contributed by atoms with van der Waals surface area (Å²) in [6.07, 6.45) is 1.64. The van der Waals surface area contributed by atoms with Gasteiger partial charge in [0, 0.05) is 6.54 Å². The molecule has 1 unspecified atom stereocenters. The zero-order valence-corrected chi connectivity index (χ0v) is 12.3. The third-order valence-corrected chi connectivity index (χ3v) is 5.31. The molecule has 1 aliphatic heterocycles. The van der Waals surface area contributed by atoms with Crippen LogP contribution in [0.3, 0.4) is 0 Å². The molecule has 0 bridgehead atoms. The molecule has 1 heterocycles. The predicted molar refractivity (Wildman–Crippen MR) is 79.0 cm³/mol. The molecule has 2 rings (SSSR count). The lowest BCUT2D eigenvalue weighted by atomic mass is 10.0. The van der Waals surface area contributed by atoms with Gasteiger partial charge in [-0.15, -0.1) is 0 Å². The first-order valence-electron chi connectivity index (χ1n) is 6.82. The topological polar surface area (TPSA) is 58.2 Å². The molecular formula is C14H22N2O2S. The first kappa shape index (κ1) is 14.3. The van der Waals surface area contributed by atoms with Crippen LogP contribution in [0.15, 0.2) is 24.3 Å². The summed E-state index contributed by atoms with van der Waals surface area (Å²) >= 11 is 0. The van der Waals surface area contributed by atoms with Gasteiger partial charge in [0.05, 0.1) is 10.9 Å². The maximum Gasteiger partial charge on any atom is 0.236 e. The second-order valence-corrected chi connectivity index (χ2v) is 7.32. The second-order valence-electron chi connectivity index (χ2n) is 5.36. The molecule has 1 fully saturated rings. The zero-order chi connectivity index (χ0) is 13.9. The molecule has 1 aromatic carbocycles. The van der Waals surface area contributed by atoms with E-state index in [-0.39, 0.29) is 5.25 Å². The molecule has 19 heavy (non-hydrogen) atoms. The van der Waals surface area contributed by atoms with Crippen molar-refractivity contribution < 1.29 is 8.42 Å². The minimum Gasteiger partial charge on any atom is -0.315 e. The lowest BCUT2D eigenvalue weighted by Crippen LogP contribution is -2.41. The molecule has 0 saturated carbocycles. The van der Waals surface area contributed by atoms with Crippen molar-refractivity contribution in [3.05, 3.63) is 29.8 Å². The molecule has 0 amide bonds. The van der Waals surface area contributed by atoms with Crippen LogP contribution >= 0.6 is 0 Å². The normalized spacial score (nSPS) is 20.5. The van der Waals surface area contributed by atoms with Crippen LogP contribution in [-0.4, -0.2) is 26.8 Å². The van der Waals surface area contributed by atoms with Crippen molar-refractivity contribution in [3.63, 3.8) is 0 Å². The number of sulfonamides is 1. The Bertz CT molecular complexity index is 520. The van der Waals surface area contributed by atoms with Crippen molar-refractivity contribution in [1.29, 1.82) is 0 Å². The number of para-hydroxylation sites is 1. The smallest absolute Gasteiger partial charge is 0.236 e. The Labute approximate surface area is 115 Å². The number of benzene rings is 1. The summed E-state index contributed by atoms with van der Waals surface area (Å²) in [5.41, 5.74) is 1.75. The Hall–Kier alpha value is -1.07. The molecule has 0 spiro atoms. The molecule has 1 aromatic rings. The van der Waals surface area contributed by atoms with Crippen molar-refractivity contribution >= 4 is 15.7 Å². The number of anilines is 1. The van der Waals surface area contributed by atoms with Crippen molar-refractivity contribution in [2.24, 2.45) is 0 Å². The Balaban J connectivity index is 2.20. The highest BCUT2D eigenvalue weighted by Gasteiger charge is 2.27. The van der Waals surface area contributed by atoms with E-state index in [9.17, 15) is 8.42 Å². The first-order valence-corrected chi connectivity index (χ1v) is 8.36. The third-order valence-electron chi connectivity index (χ3n) is 3.53. The van der Waals surface area contributed by atoms with Gasteiger partial charge in [0.25, 0.3) is 0 Å². The van der Waals surface area contributed by atoms with Gasteiger partial charge in [0.15, 0.2) is 0 Å². The van der Waals surface area contributed by atoms with Gasteiger partial charge < -0.3 is 5.32 Å². The Morgan fingerprint density at radius 2 is 2.05 bits per heavy atom. The van der Waals surface area contributed by atoms with E-state index >= 15 is 0 Å². The molecule has 0 radical (unpaired) electrons. The molecule has 1 saturated heterocycles. The van der Waals surface area contributed by atoms with Gasteiger partial charge in [-0.2, -0.15) is 0 Å².